The third kappa shape index (κ3) is 4.85. The quantitative estimate of drug-likeness (QED) is 0.781. The van der Waals surface area contributed by atoms with E-state index in [4.69, 9.17) is 14.2 Å². The first-order chi connectivity index (χ1) is 14.5. The number of amides is 1. The molecule has 1 amide bonds. The lowest BCUT2D eigenvalue weighted by molar-refractivity contribution is 0.131. The molecular weight excluding hydrogens is 408 g/mol. The summed E-state index contributed by atoms with van der Waals surface area (Å²) in [6.45, 7) is 2.23. The molecule has 1 N–H and O–H groups in total. The lowest BCUT2D eigenvalue weighted by atomic mass is 9.97. The van der Waals surface area contributed by atoms with Crippen LogP contribution < -0.4 is 18.9 Å². The van der Waals surface area contributed by atoms with E-state index in [1.807, 2.05) is 18.2 Å². The van der Waals surface area contributed by atoms with Crippen LogP contribution in [0.4, 0.5) is 4.79 Å². The van der Waals surface area contributed by atoms with Gasteiger partial charge in [-0.25, -0.2) is 17.9 Å². The Kier molecular flexibility index (Phi) is 6.10. The molecule has 1 saturated heterocycles. The molecule has 2 aliphatic heterocycles. The van der Waals surface area contributed by atoms with Gasteiger partial charge in [0.15, 0.2) is 11.5 Å². The molecule has 0 unspecified atom stereocenters. The van der Waals surface area contributed by atoms with Crippen LogP contribution in [0.15, 0.2) is 53.4 Å². The highest BCUT2D eigenvalue weighted by atomic mass is 32.2. The van der Waals surface area contributed by atoms with Crippen molar-refractivity contribution < 1.29 is 27.4 Å². The highest BCUT2D eigenvalue weighted by Gasteiger charge is 2.26. The van der Waals surface area contributed by atoms with E-state index in [2.05, 4.69) is 4.72 Å². The van der Waals surface area contributed by atoms with Crippen LogP contribution in [-0.4, -0.2) is 52.3 Å². The number of carbonyl (C=O) groups is 1. The van der Waals surface area contributed by atoms with Gasteiger partial charge in [0.25, 0.3) is 0 Å². The van der Waals surface area contributed by atoms with Gasteiger partial charge in [-0.15, -0.1) is 0 Å². The van der Waals surface area contributed by atoms with E-state index in [-0.39, 0.29) is 16.9 Å². The number of carbonyl (C=O) groups excluding carboxylic acids is 1. The zero-order valence-electron chi connectivity index (χ0n) is 16.5. The van der Waals surface area contributed by atoms with Crippen LogP contribution in [0.5, 0.6) is 17.2 Å². The normalized spacial score (nSPS) is 16.9. The molecule has 0 bridgehead atoms. The van der Waals surface area contributed by atoms with Crippen LogP contribution in [-0.2, 0) is 10.0 Å². The van der Waals surface area contributed by atoms with Gasteiger partial charge in [0.2, 0.25) is 10.0 Å². The minimum absolute atomic E-state index is 0.149. The standard InChI is InChI=1S/C21H24N2O6S/c24-21(29-17-4-2-1-3-5-17)23-10-8-16(9-11-23)15-22-30(25,26)18-6-7-19-20(14-18)28-13-12-27-19/h1-7,14,16,22H,8-13,15H2. The van der Waals surface area contributed by atoms with E-state index >= 15 is 0 Å². The first-order valence-electron chi connectivity index (χ1n) is 9.92. The number of para-hydroxylation sites is 1. The number of benzene rings is 2. The van der Waals surface area contributed by atoms with E-state index < -0.39 is 10.0 Å². The number of nitrogens with zero attached hydrogens (tertiary/aromatic N) is 1. The number of sulfonamides is 1. The topological polar surface area (TPSA) is 94.2 Å². The van der Waals surface area contributed by atoms with E-state index in [1.165, 1.54) is 12.1 Å². The Balaban J connectivity index is 1.27. The molecule has 1 fully saturated rings. The summed E-state index contributed by atoms with van der Waals surface area (Å²) in [6, 6.07) is 13.5. The summed E-state index contributed by atoms with van der Waals surface area (Å²) in [6.07, 6.45) is 1.03. The van der Waals surface area contributed by atoms with Crippen molar-refractivity contribution in [3.8, 4) is 17.2 Å². The number of nitrogens with one attached hydrogen (secondary N) is 1. The summed E-state index contributed by atoms with van der Waals surface area (Å²) in [5, 5.41) is 0. The second kappa shape index (κ2) is 8.93. The van der Waals surface area contributed by atoms with Gasteiger partial charge in [-0.3, -0.25) is 0 Å². The fourth-order valence-electron chi connectivity index (χ4n) is 3.48. The van der Waals surface area contributed by atoms with Crippen molar-refractivity contribution in [2.24, 2.45) is 5.92 Å². The Hall–Kier alpha value is -2.78. The second-order valence-corrected chi connectivity index (χ2v) is 9.04. The molecule has 2 aromatic rings. The van der Waals surface area contributed by atoms with Gasteiger partial charge >= 0.3 is 6.09 Å². The summed E-state index contributed by atoms with van der Waals surface area (Å²) >= 11 is 0. The number of hydrogen-bond acceptors (Lipinski definition) is 6. The molecule has 2 aliphatic rings. The fourth-order valence-corrected chi connectivity index (χ4v) is 4.61. The fraction of sp³-hybridized carbons (Fsp3) is 0.381. The highest BCUT2D eigenvalue weighted by molar-refractivity contribution is 7.89. The molecule has 0 spiro atoms. The molecule has 0 saturated carbocycles. The second-order valence-electron chi connectivity index (χ2n) is 7.27. The number of hydrogen-bond donors (Lipinski definition) is 1. The molecule has 0 aliphatic carbocycles. The Morgan fingerprint density at radius 2 is 1.73 bits per heavy atom. The predicted octanol–water partition coefficient (Wildman–Crippen LogP) is 2.65. The van der Waals surface area contributed by atoms with Crippen LogP contribution in [0.1, 0.15) is 12.8 Å². The van der Waals surface area contributed by atoms with Gasteiger partial charge in [0, 0.05) is 25.7 Å². The maximum atomic E-state index is 12.6. The van der Waals surface area contributed by atoms with Gasteiger partial charge in [-0.2, -0.15) is 0 Å². The van der Waals surface area contributed by atoms with Gasteiger partial charge in [0.05, 0.1) is 4.90 Å². The number of fused-ring (bicyclic) bond motifs is 1. The third-order valence-corrected chi connectivity index (χ3v) is 6.63. The van der Waals surface area contributed by atoms with Crippen LogP contribution in [0.3, 0.4) is 0 Å². The minimum atomic E-state index is -3.65. The van der Waals surface area contributed by atoms with Crippen molar-refractivity contribution >= 4 is 16.1 Å². The Morgan fingerprint density at radius 3 is 2.47 bits per heavy atom. The van der Waals surface area contributed by atoms with Gasteiger partial charge < -0.3 is 19.1 Å². The van der Waals surface area contributed by atoms with Crippen LogP contribution >= 0.6 is 0 Å². The highest BCUT2D eigenvalue weighted by Crippen LogP contribution is 2.32. The minimum Gasteiger partial charge on any atom is -0.486 e. The number of rotatable bonds is 5. The van der Waals surface area contributed by atoms with Crippen molar-refractivity contribution in [3.05, 3.63) is 48.5 Å². The zero-order valence-corrected chi connectivity index (χ0v) is 17.3. The van der Waals surface area contributed by atoms with Crippen molar-refractivity contribution in [3.63, 3.8) is 0 Å². The monoisotopic (exact) mass is 432 g/mol. The molecule has 2 heterocycles. The van der Waals surface area contributed by atoms with E-state index in [0.717, 1.165) is 0 Å². The summed E-state index contributed by atoms with van der Waals surface area (Å²) in [4.78, 5) is 14.1. The summed E-state index contributed by atoms with van der Waals surface area (Å²) < 4.78 is 44.2. The molecule has 0 aromatic heterocycles. The van der Waals surface area contributed by atoms with Crippen LogP contribution in [0.2, 0.25) is 0 Å². The Morgan fingerprint density at radius 1 is 1.03 bits per heavy atom. The molecule has 30 heavy (non-hydrogen) atoms. The maximum absolute atomic E-state index is 12.6. The summed E-state index contributed by atoms with van der Waals surface area (Å²) in [5.41, 5.74) is 0. The zero-order chi connectivity index (χ0) is 21.0. The number of piperidine rings is 1. The first-order valence-corrected chi connectivity index (χ1v) is 11.4. The molecule has 8 nitrogen and oxygen atoms in total. The molecule has 4 rings (SSSR count). The lowest BCUT2D eigenvalue weighted by Crippen LogP contribution is -2.42. The van der Waals surface area contributed by atoms with Crippen molar-refractivity contribution in [2.75, 3.05) is 32.8 Å². The molecule has 160 valence electrons. The van der Waals surface area contributed by atoms with Gasteiger partial charge in [-0.1, -0.05) is 18.2 Å². The lowest BCUT2D eigenvalue weighted by Gasteiger charge is -2.31. The van der Waals surface area contributed by atoms with Crippen molar-refractivity contribution in [1.29, 1.82) is 0 Å². The molecule has 9 heteroatoms. The predicted molar refractivity (Wildman–Crippen MR) is 109 cm³/mol. The van der Waals surface area contributed by atoms with E-state index in [1.54, 1.807) is 23.1 Å². The smallest absolute Gasteiger partial charge is 0.415 e. The Labute approximate surface area is 175 Å². The summed E-state index contributed by atoms with van der Waals surface area (Å²) in [5.74, 6) is 1.65. The van der Waals surface area contributed by atoms with Crippen molar-refractivity contribution in [2.45, 2.75) is 17.7 Å². The van der Waals surface area contributed by atoms with Crippen LogP contribution in [0.25, 0.3) is 0 Å². The van der Waals surface area contributed by atoms with Gasteiger partial charge in [-0.05, 0) is 43.0 Å². The SMILES string of the molecule is O=C(Oc1ccccc1)N1CCC(CNS(=O)(=O)c2ccc3c(c2)OCCO3)CC1. The molecule has 0 atom stereocenters. The van der Waals surface area contributed by atoms with Gasteiger partial charge in [0.1, 0.15) is 19.0 Å². The average molecular weight is 432 g/mol. The molecule has 2 aromatic carbocycles. The number of likely N-dealkylation sites (tertiary alicyclic amines) is 1. The molecular formula is C21H24N2O6S. The summed E-state index contributed by atoms with van der Waals surface area (Å²) in [7, 11) is -3.65. The first kappa shape index (κ1) is 20.5. The number of ether oxygens (including phenoxy) is 3. The third-order valence-electron chi connectivity index (χ3n) is 5.21. The Bertz CT molecular complexity index is 988. The van der Waals surface area contributed by atoms with E-state index in [0.29, 0.717) is 62.9 Å². The largest absolute Gasteiger partial charge is 0.486 e. The van der Waals surface area contributed by atoms with Crippen LogP contribution in [0, 0.1) is 5.92 Å². The average Bonchev–Trinajstić information content (AvgIpc) is 2.78. The van der Waals surface area contributed by atoms with Crippen molar-refractivity contribution in [1.82, 2.24) is 9.62 Å². The molecule has 0 radical (unpaired) electrons. The van der Waals surface area contributed by atoms with E-state index in [9.17, 15) is 13.2 Å². The maximum Gasteiger partial charge on any atom is 0.415 e.